The number of ether oxygens (including phenoxy) is 1. The normalized spacial score (nSPS) is 17.6. The van der Waals surface area contributed by atoms with Crippen LogP contribution in [0.15, 0.2) is 47.3 Å². The first-order chi connectivity index (χ1) is 19.4. The molecule has 1 aliphatic rings. The third-order valence-electron chi connectivity index (χ3n) is 6.51. The Labute approximate surface area is 229 Å². The number of alkyl halides is 9. The van der Waals surface area contributed by atoms with E-state index in [1.807, 2.05) is 0 Å². The first kappa shape index (κ1) is 31.0. The molecule has 0 unspecified atom stereocenters. The lowest BCUT2D eigenvalue weighted by Gasteiger charge is -2.34. The van der Waals surface area contributed by atoms with Gasteiger partial charge in [0, 0.05) is 24.1 Å². The molecule has 2 aromatic carbocycles. The number of amides is 1. The molecular weight excluding hydrogens is 592 g/mol. The van der Waals surface area contributed by atoms with Crippen LogP contribution >= 0.6 is 0 Å². The minimum absolute atomic E-state index is 0.00340. The molecule has 16 heteroatoms. The fourth-order valence-corrected chi connectivity index (χ4v) is 4.32. The number of hydrogen-bond acceptors (Lipinski definition) is 4. The average molecular weight is 611 g/mol. The van der Waals surface area contributed by atoms with Gasteiger partial charge < -0.3 is 15.0 Å². The molecule has 0 bridgehead atoms. The van der Waals surface area contributed by atoms with Crippen molar-refractivity contribution in [2.45, 2.75) is 50.6 Å². The Bertz CT molecular complexity index is 1520. The topological polar surface area (TPSA) is 84.1 Å². The van der Waals surface area contributed by atoms with Gasteiger partial charge in [0.2, 0.25) is 5.91 Å². The second kappa shape index (κ2) is 11.4. The minimum Gasteiger partial charge on any atom is -0.373 e. The number of H-pyrrole nitrogens is 1. The Morgan fingerprint density at radius 2 is 1.55 bits per heavy atom. The van der Waals surface area contributed by atoms with E-state index in [1.54, 1.807) is 4.98 Å². The van der Waals surface area contributed by atoms with Gasteiger partial charge in [0.05, 0.1) is 29.4 Å². The molecule has 1 aliphatic carbocycles. The molecule has 1 amide bonds. The van der Waals surface area contributed by atoms with Gasteiger partial charge in [-0.2, -0.15) is 39.5 Å². The molecule has 42 heavy (non-hydrogen) atoms. The highest BCUT2D eigenvalue weighted by Gasteiger charge is 2.40. The third-order valence-corrected chi connectivity index (χ3v) is 6.51. The molecule has 1 aromatic heterocycles. The monoisotopic (exact) mass is 611 g/mol. The van der Waals surface area contributed by atoms with Crippen LogP contribution in [0, 0.1) is 11.7 Å². The van der Waals surface area contributed by atoms with Gasteiger partial charge >= 0.3 is 18.5 Å². The maximum atomic E-state index is 15.3. The second-order valence-corrected chi connectivity index (χ2v) is 9.41. The number of halogens is 10. The van der Waals surface area contributed by atoms with E-state index in [0.717, 1.165) is 6.07 Å². The number of carbonyl (C=O) groups is 1. The Kier molecular flexibility index (Phi) is 8.40. The van der Waals surface area contributed by atoms with Gasteiger partial charge in [-0.25, -0.2) is 9.37 Å². The van der Waals surface area contributed by atoms with Crippen LogP contribution in [-0.2, 0) is 41.2 Å². The third kappa shape index (κ3) is 6.91. The molecule has 0 atom stereocenters. The van der Waals surface area contributed by atoms with Crippen LogP contribution in [0.4, 0.5) is 43.9 Å². The minimum atomic E-state index is -5.24. The van der Waals surface area contributed by atoms with Crippen molar-refractivity contribution in [1.29, 1.82) is 0 Å². The molecule has 0 radical (unpaired) electrons. The number of carbonyl (C=O) groups excluding carboxylic acids is 1. The first-order valence-corrected chi connectivity index (χ1v) is 12.1. The summed E-state index contributed by atoms with van der Waals surface area (Å²) < 4.78 is 140. The van der Waals surface area contributed by atoms with Crippen molar-refractivity contribution >= 4 is 5.91 Å². The molecule has 6 nitrogen and oxygen atoms in total. The fourth-order valence-electron chi connectivity index (χ4n) is 4.32. The van der Waals surface area contributed by atoms with E-state index in [1.165, 1.54) is 18.2 Å². The zero-order valence-corrected chi connectivity index (χ0v) is 21.0. The molecule has 2 N–H and O–H groups in total. The highest BCUT2D eigenvalue weighted by Crippen LogP contribution is 2.39. The molecular formula is C26H19F10N3O3. The molecule has 1 saturated carbocycles. The van der Waals surface area contributed by atoms with Crippen molar-refractivity contribution in [2.24, 2.45) is 5.92 Å². The molecule has 0 saturated heterocycles. The van der Waals surface area contributed by atoms with Crippen LogP contribution in [0.25, 0.3) is 11.4 Å². The summed E-state index contributed by atoms with van der Waals surface area (Å²) in [7, 11) is 0. The summed E-state index contributed by atoms with van der Waals surface area (Å²) in [4.78, 5) is 28.9. The average Bonchev–Trinajstić information content (AvgIpc) is 2.85. The molecule has 0 spiro atoms. The van der Waals surface area contributed by atoms with E-state index in [4.69, 9.17) is 4.74 Å². The lowest BCUT2D eigenvalue weighted by molar-refractivity contribution is -0.142. The highest BCUT2D eigenvalue weighted by atomic mass is 19.4. The standard InChI is InChI=1S/C26H19F10N3O3/c27-21-12(5-6-17(25(31,32)33)20(21)22-38-18(26(34,35)36)9-19(40)39-22)10-37-23(41)14-7-15(8-14)42-11-13-3-1-2-4-16(13)24(28,29)30/h1-6,9,14-15H,7-8,10-11H2,(H,37,41)(H,38,39,40)/t14-,15-. The largest absolute Gasteiger partial charge is 0.433 e. The van der Waals surface area contributed by atoms with Gasteiger partial charge in [-0.05, 0) is 30.5 Å². The van der Waals surface area contributed by atoms with Crippen molar-refractivity contribution in [3.8, 4) is 11.4 Å². The smallest absolute Gasteiger partial charge is 0.373 e. The lowest BCUT2D eigenvalue weighted by atomic mass is 9.81. The van der Waals surface area contributed by atoms with Gasteiger partial charge in [0.15, 0.2) is 5.69 Å². The quantitative estimate of drug-likeness (QED) is 0.310. The highest BCUT2D eigenvalue weighted by molar-refractivity contribution is 5.79. The van der Waals surface area contributed by atoms with E-state index in [2.05, 4.69) is 10.3 Å². The summed E-state index contributed by atoms with van der Waals surface area (Å²) in [5.74, 6) is -4.31. The van der Waals surface area contributed by atoms with Gasteiger partial charge in [-0.15, -0.1) is 0 Å². The Hall–Kier alpha value is -3.95. The summed E-state index contributed by atoms with van der Waals surface area (Å²) in [5.41, 5.74) is -7.94. The van der Waals surface area contributed by atoms with Crippen LogP contribution in [0.3, 0.4) is 0 Å². The Balaban J connectivity index is 1.44. The van der Waals surface area contributed by atoms with Crippen LogP contribution in [0.1, 0.15) is 40.8 Å². The molecule has 0 aliphatic heterocycles. The van der Waals surface area contributed by atoms with Crippen molar-refractivity contribution in [2.75, 3.05) is 0 Å². The predicted molar refractivity (Wildman–Crippen MR) is 125 cm³/mol. The van der Waals surface area contributed by atoms with E-state index >= 15 is 4.39 Å². The zero-order valence-electron chi connectivity index (χ0n) is 21.0. The van der Waals surface area contributed by atoms with E-state index in [-0.39, 0.29) is 31.1 Å². The zero-order chi connectivity index (χ0) is 31.0. The summed E-state index contributed by atoms with van der Waals surface area (Å²) in [6, 6.07) is 5.87. The van der Waals surface area contributed by atoms with Gasteiger partial charge in [0.1, 0.15) is 11.6 Å². The summed E-state index contributed by atoms with van der Waals surface area (Å²) in [6.07, 6.45) is -15.4. The molecule has 1 fully saturated rings. The maximum absolute atomic E-state index is 15.3. The SMILES string of the molecule is O=c1cc(C(F)(F)F)nc(-c2c(C(F)(F)F)ccc(CNC(=O)[C@H]3C[C@H](OCc4ccccc4C(F)(F)F)C3)c2F)[nH]1. The summed E-state index contributed by atoms with van der Waals surface area (Å²) in [5, 5.41) is 2.31. The number of aromatic nitrogens is 2. The Morgan fingerprint density at radius 1 is 0.905 bits per heavy atom. The fraction of sp³-hybridized carbons (Fsp3) is 0.346. The van der Waals surface area contributed by atoms with Crippen molar-refractivity contribution < 1.29 is 53.4 Å². The van der Waals surface area contributed by atoms with Crippen LogP contribution < -0.4 is 10.9 Å². The number of nitrogens with zero attached hydrogens (tertiary/aromatic N) is 1. The van der Waals surface area contributed by atoms with Crippen LogP contribution in [0.2, 0.25) is 0 Å². The number of aromatic amines is 1. The van der Waals surface area contributed by atoms with E-state index in [9.17, 15) is 49.1 Å². The molecule has 226 valence electrons. The van der Waals surface area contributed by atoms with E-state index < -0.39 is 88.2 Å². The second-order valence-electron chi connectivity index (χ2n) is 9.41. The van der Waals surface area contributed by atoms with Gasteiger partial charge in [-0.3, -0.25) is 9.59 Å². The maximum Gasteiger partial charge on any atom is 0.433 e. The van der Waals surface area contributed by atoms with Gasteiger partial charge in [0.25, 0.3) is 5.56 Å². The number of benzene rings is 2. The summed E-state index contributed by atoms with van der Waals surface area (Å²) in [6.45, 7) is -1.03. The van der Waals surface area contributed by atoms with Gasteiger partial charge in [-0.1, -0.05) is 24.3 Å². The first-order valence-electron chi connectivity index (χ1n) is 12.1. The molecule has 1 heterocycles. The number of nitrogens with one attached hydrogen (secondary N) is 2. The van der Waals surface area contributed by atoms with Crippen molar-refractivity contribution in [1.82, 2.24) is 15.3 Å². The lowest BCUT2D eigenvalue weighted by Crippen LogP contribution is -2.42. The van der Waals surface area contributed by atoms with Crippen molar-refractivity contribution in [3.05, 3.63) is 86.6 Å². The molecule has 4 rings (SSSR count). The van der Waals surface area contributed by atoms with Crippen molar-refractivity contribution in [3.63, 3.8) is 0 Å². The van der Waals surface area contributed by atoms with E-state index in [0.29, 0.717) is 12.1 Å². The van der Waals surface area contributed by atoms with Crippen LogP contribution in [-0.4, -0.2) is 22.0 Å². The predicted octanol–water partition coefficient (Wildman–Crippen LogP) is 6.24. The molecule has 3 aromatic rings. The van der Waals surface area contributed by atoms with Crippen LogP contribution in [0.5, 0.6) is 0 Å². The number of rotatable bonds is 7. The summed E-state index contributed by atoms with van der Waals surface area (Å²) >= 11 is 0. The Morgan fingerprint density at radius 3 is 2.17 bits per heavy atom. The number of hydrogen-bond donors (Lipinski definition) is 2.